The van der Waals surface area contributed by atoms with Gasteiger partial charge in [-0.2, -0.15) is 0 Å². The molecule has 1 aromatic carbocycles. The van der Waals surface area contributed by atoms with Crippen molar-refractivity contribution < 1.29 is 19.8 Å². The van der Waals surface area contributed by atoms with E-state index < -0.39 is 11.9 Å². The summed E-state index contributed by atoms with van der Waals surface area (Å²) in [6.45, 7) is 0. The van der Waals surface area contributed by atoms with Gasteiger partial charge in [0, 0.05) is 24.4 Å². The predicted octanol–water partition coefficient (Wildman–Crippen LogP) is 0.702. The van der Waals surface area contributed by atoms with Crippen molar-refractivity contribution in [3.8, 4) is 0 Å². The summed E-state index contributed by atoms with van der Waals surface area (Å²) in [5.74, 6) is -2.13. The zero-order chi connectivity index (χ0) is 9.14. The van der Waals surface area contributed by atoms with Crippen molar-refractivity contribution in [3.05, 3.63) is 35.4 Å². The number of rotatable bonds is 2. The number of hydrogen-bond acceptors (Lipinski definition) is 2. The molecule has 0 fully saturated rings. The number of carboxylic acids is 2. The third-order valence-corrected chi connectivity index (χ3v) is 1.38. The molecule has 2 N–H and O–H groups in total. The smallest absolute Gasteiger partial charge is 0.335 e. The molecule has 1 rings (SSSR count). The Morgan fingerprint density at radius 2 is 1.08 bits per heavy atom. The minimum atomic E-state index is -1.06. The molecule has 0 amide bonds. The van der Waals surface area contributed by atoms with E-state index in [0.29, 0.717) is 0 Å². The third kappa shape index (κ3) is 3.07. The molecule has 67 valence electrons. The van der Waals surface area contributed by atoms with Gasteiger partial charge in [0.1, 0.15) is 0 Å². The zero-order valence-electron chi connectivity index (χ0n) is 6.47. The number of carboxylic acid groups (broad SMARTS) is 2. The molecule has 0 atom stereocenters. The van der Waals surface area contributed by atoms with E-state index in [-0.39, 0.29) is 35.6 Å². The maximum atomic E-state index is 10.3. The second kappa shape index (κ2) is 4.87. The van der Waals surface area contributed by atoms with Crippen LogP contribution in [-0.2, 0) is 0 Å². The van der Waals surface area contributed by atoms with Gasteiger partial charge in [-0.15, -0.1) is 0 Å². The van der Waals surface area contributed by atoms with E-state index in [2.05, 4.69) is 0 Å². The first-order valence-corrected chi connectivity index (χ1v) is 3.18. The van der Waals surface area contributed by atoms with E-state index in [1.54, 1.807) is 0 Å². The van der Waals surface area contributed by atoms with Crippen LogP contribution in [-0.4, -0.2) is 46.6 Å². The minimum absolute atomic E-state index is 0. The molecule has 5 heteroatoms. The number of aromatic carboxylic acids is 2. The van der Waals surface area contributed by atoms with Gasteiger partial charge < -0.3 is 10.2 Å². The number of carbonyl (C=O) groups is 2. The quantitative estimate of drug-likeness (QED) is 0.786. The minimum Gasteiger partial charge on any atom is -0.478 e. The molecule has 0 heterocycles. The molecule has 0 aliphatic rings. The van der Waals surface area contributed by atoms with Crippen LogP contribution < -0.4 is 0 Å². The van der Waals surface area contributed by atoms with Gasteiger partial charge in [0.05, 0.1) is 11.1 Å². The molecular weight excluding hydrogens is 282 g/mol. The molecule has 1 aromatic rings. The number of hydrogen-bond donors (Lipinski definition) is 2. The van der Waals surface area contributed by atoms with Crippen molar-refractivity contribution in [1.29, 1.82) is 0 Å². The maximum absolute atomic E-state index is 10.3. The van der Waals surface area contributed by atoms with Crippen molar-refractivity contribution in [3.63, 3.8) is 0 Å². The van der Waals surface area contributed by atoms with Gasteiger partial charge in [-0.3, -0.25) is 0 Å². The van der Waals surface area contributed by atoms with Crippen LogP contribution in [0.1, 0.15) is 20.7 Å². The molecule has 0 unspecified atom stereocenters. The van der Waals surface area contributed by atoms with Gasteiger partial charge in [0.15, 0.2) is 0 Å². The Labute approximate surface area is 91.6 Å². The summed E-state index contributed by atoms with van der Waals surface area (Å²) in [6, 6.07) is 5.02. The molecule has 3 radical (unpaired) electrons. The first-order valence-electron chi connectivity index (χ1n) is 3.18. The Morgan fingerprint density at radius 1 is 0.846 bits per heavy atom. The van der Waals surface area contributed by atoms with E-state index in [4.69, 9.17) is 10.2 Å². The molecule has 0 aliphatic heterocycles. The van der Waals surface area contributed by atoms with Gasteiger partial charge in [-0.25, -0.2) is 9.59 Å². The first-order chi connectivity index (χ1) is 5.61. The van der Waals surface area contributed by atoms with Gasteiger partial charge >= 0.3 is 11.9 Å². The summed E-state index contributed by atoms with van der Waals surface area (Å²) in [4.78, 5) is 20.7. The topological polar surface area (TPSA) is 74.6 Å². The van der Waals surface area contributed by atoms with Crippen LogP contribution in [0.25, 0.3) is 0 Å². The van der Waals surface area contributed by atoms with Gasteiger partial charge in [0.25, 0.3) is 0 Å². The predicted molar refractivity (Wildman–Crippen MR) is 46.1 cm³/mol. The molecule has 0 aromatic heterocycles. The van der Waals surface area contributed by atoms with Crippen LogP contribution in [0, 0.1) is 0 Å². The van der Waals surface area contributed by atoms with Gasteiger partial charge in [0.2, 0.25) is 0 Å². The van der Waals surface area contributed by atoms with E-state index in [1.807, 2.05) is 0 Å². The molecule has 0 bridgehead atoms. The van der Waals surface area contributed by atoms with Crippen LogP contribution >= 0.6 is 0 Å². The molecule has 4 nitrogen and oxygen atoms in total. The molecule has 0 saturated heterocycles. The standard InChI is InChI=1S/C8H6O4.Sb/c9-7(10)5-1-2-6(4-3-5)8(11)12;/h1-4H,(H,9,10)(H,11,12);. The van der Waals surface area contributed by atoms with Crippen LogP contribution in [0.5, 0.6) is 0 Å². The Bertz CT molecular complexity index is 284. The van der Waals surface area contributed by atoms with E-state index in [9.17, 15) is 9.59 Å². The summed E-state index contributed by atoms with van der Waals surface area (Å²) in [6.07, 6.45) is 0. The van der Waals surface area contributed by atoms with E-state index in [1.165, 1.54) is 24.3 Å². The molecule has 0 aliphatic carbocycles. The fraction of sp³-hybridized carbons (Fsp3) is 0. The molecule has 0 saturated carbocycles. The van der Waals surface area contributed by atoms with Crippen LogP contribution in [0.15, 0.2) is 24.3 Å². The first kappa shape index (κ1) is 12.0. The average molecular weight is 288 g/mol. The van der Waals surface area contributed by atoms with E-state index >= 15 is 0 Å². The second-order valence-corrected chi connectivity index (χ2v) is 2.19. The van der Waals surface area contributed by atoms with Crippen LogP contribution in [0.4, 0.5) is 0 Å². The summed E-state index contributed by atoms with van der Waals surface area (Å²) in [7, 11) is 0. The van der Waals surface area contributed by atoms with Crippen molar-refractivity contribution in [2.24, 2.45) is 0 Å². The molecule has 0 spiro atoms. The molecule has 13 heavy (non-hydrogen) atoms. The van der Waals surface area contributed by atoms with Crippen LogP contribution in [0.3, 0.4) is 0 Å². The number of benzene rings is 1. The normalized spacial score (nSPS) is 8.62. The van der Waals surface area contributed by atoms with E-state index in [0.717, 1.165) is 0 Å². The summed E-state index contributed by atoms with van der Waals surface area (Å²) in [5.41, 5.74) is 0.167. The fourth-order valence-corrected chi connectivity index (χ4v) is 0.755. The Balaban J connectivity index is 0.00000144. The van der Waals surface area contributed by atoms with Crippen LogP contribution in [0.2, 0.25) is 0 Å². The SMILES string of the molecule is O=C(O)c1ccc(C(=O)O)cc1.[Sb]. The van der Waals surface area contributed by atoms with Crippen molar-refractivity contribution in [2.45, 2.75) is 0 Å². The van der Waals surface area contributed by atoms with Crippen molar-refractivity contribution >= 4 is 36.4 Å². The van der Waals surface area contributed by atoms with Crippen molar-refractivity contribution in [1.82, 2.24) is 0 Å². The Kier molecular flexibility index (Phi) is 4.49. The van der Waals surface area contributed by atoms with Gasteiger partial charge in [-0.1, -0.05) is 0 Å². The molecular formula is C8H6O4Sb. The zero-order valence-corrected chi connectivity index (χ0v) is 9.02. The summed E-state index contributed by atoms with van der Waals surface area (Å²) in [5, 5.41) is 16.9. The third-order valence-electron chi connectivity index (χ3n) is 1.38. The Morgan fingerprint density at radius 3 is 1.23 bits per heavy atom. The Hall–Kier alpha value is -1.02. The average Bonchev–Trinajstić information content (AvgIpc) is 2.04. The van der Waals surface area contributed by atoms with Gasteiger partial charge in [-0.05, 0) is 24.3 Å². The largest absolute Gasteiger partial charge is 0.478 e. The maximum Gasteiger partial charge on any atom is 0.335 e. The summed E-state index contributed by atoms with van der Waals surface area (Å²) >= 11 is 0. The van der Waals surface area contributed by atoms with Crippen molar-refractivity contribution in [2.75, 3.05) is 0 Å². The fourth-order valence-electron chi connectivity index (χ4n) is 0.755. The summed E-state index contributed by atoms with van der Waals surface area (Å²) < 4.78 is 0. The second-order valence-electron chi connectivity index (χ2n) is 2.19. The monoisotopic (exact) mass is 287 g/mol.